The lowest BCUT2D eigenvalue weighted by Crippen LogP contribution is -2.60. The number of nitrogens with one attached hydrogen (secondary N) is 2. The number of halogens is 1. The Labute approximate surface area is 160 Å². The normalized spacial score (nSPS) is 17.5. The van der Waals surface area contributed by atoms with E-state index in [2.05, 4.69) is 10.6 Å². The fourth-order valence-corrected chi connectivity index (χ4v) is 4.41. The van der Waals surface area contributed by atoms with Crippen molar-refractivity contribution >= 4 is 34.1 Å². The molecule has 26 heavy (non-hydrogen) atoms. The Hall–Kier alpha value is -1.64. The molecule has 2 N–H and O–H groups in total. The van der Waals surface area contributed by atoms with Crippen LogP contribution in [0.2, 0.25) is 0 Å². The van der Waals surface area contributed by atoms with E-state index in [1.165, 1.54) is 7.11 Å². The van der Waals surface area contributed by atoms with Crippen LogP contribution in [-0.4, -0.2) is 57.5 Å². The van der Waals surface area contributed by atoms with Crippen molar-refractivity contribution in [2.75, 3.05) is 26.5 Å². The van der Waals surface area contributed by atoms with E-state index in [1.807, 2.05) is 30.3 Å². The minimum atomic E-state index is -3.64. The maximum Gasteiger partial charge on any atom is 0.328 e. The van der Waals surface area contributed by atoms with Crippen LogP contribution in [-0.2, 0) is 30.6 Å². The van der Waals surface area contributed by atoms with Crippen LogP contribution in [0, 0.1) is 0 Å². The number of hydrogen-bond acceptors (Lipinski definition) is 6. The SMILES string of the molecule is COC(=O)C(Cc1ccccc1)NC(=O)C1(S(C)(=O)=O)CCNCC1.Cl. The molecule has 9 heteroatoms. The maximum atomic E-state index is 12.9. The minimum absolute atomic E-state index is 0. The number of carbonyl (C=O) groups excluding carboxylic acids is 2. The van der Waals surface area contributed by atoms with Gasteiger partial charge in [0.05, 0.1) is 7.11 Å². The quantitative estimate of drug-likeness (QED) is 0.668. The average molecular weight is 405 g/mol. The van der Waals surface area contributed by atoms with Gasteiger partial charge < -0.3 is 15.4 Å². The topological polar surface area (TPSA) is 102 Å². The van der Waals surface area contributed by atoms with Crippen molar-refractivity contribution in [2.24, 2.45) is 0 Å². The predicted octanol–water partition coefficient (Wildman–Crippen LogP) is 0.476. The molecule has 1 aromatic carbocycles. The zero-order chi connectivity index (χ0) is 18.5. The first-order valence-corrected chi connectivity index (χ1v) is 10.0. The number of hydrogen-bond donors (Lipinski definition) is 2. The van der Waals surface area contributed by atoms with Crippen LogP contribution in [0.25, 0.3) is 0 Å². The average Bonchev–Trinajstić information content (AvgIpc) is 2.61. The van der Waals surface area contributed by atoms with Gasteiger partial charge in [-0.1, -0.05) is 30.3 Å². The van der Waals surface area contributed by atoms with Gasteiger partial charge in [-0.15, -0.1) is 12.4 Å². The van der Waals surface area contributed by atoms with Crippen molar-refractivity contribution in [1.82, 2.24) is 10.6 Å². The minimum Gasteiger partial charge on any atom is -0.467 e. The van der Waals surface area contributed by atoms with Crippen molar-refractivity contribution in [2.45, 2.75) is 30.1 Å². The van der Waals surface area contributed by atoms with Gasteiger partial charge in [-0.25, -0.2) is 13.2 Å². The molecule has 1 unspecified atom stereocenters. The molecule has 0 aromatic heterocycles. The second-order valence-electron chi connectivity index (χ2n) is 6.26. The zero-order valence-electron chi connectivity index (χ0n) is 14.9. The first kappa shape index (κ1) is 22.4. The first-order chi connectivity index (χ1) is 11.8. The van der Waals surface area contributed by atoms with E-state index in [0.29, 0.717) is 13.1 Å². The van der Waals surface area contributed by atoms with Crippen molar-refractivity contribution in [3.63, 3.8) is 0 Å². The van der Waals surface area contributed by atoms with Crippen molar-refractivity contribution in [1.29, 1.82) is 0 Å². The Morgan fingerprint density at radius 3 is 2.31 bits per heavy atom. The van der Waals surface area contributed by atoms with Gasteiger partial charge in [-0.2, -0.15) is 0 Å². The lowest BCUT2D eigenvalue weighted by molar-refractivity contribution is -0.145. The Balaban J connectivity index is 0.00000338. The lowest BCUT2D eigenvalue weighted by Gasteiger charge is -2.35. The molecule has 0 bridgehead atoms. The molecular weight excluding hydrogens is 380 g/mol. The summed E-state index contributed by atoms with van der Waals surface area (Å²) in [5.74, 6) is -1.24. The van der Waals surface area contributed by atoms with Crippen LogP contribution in [0.4, 0.5) is 0 Å². The molecule has 1 fully saturated rings. The molecule has 1 amide bonds. The van der Waals surface area contributed by atoms with Crippen LogP contribution >= 0.6 is 12.4 Å². The van der Waals surface area contributed by atoms with Crippen LogP contribution in [0.1, 0.15) is 18.4 Å². The van der Waals surface area contributed by atoms with Gasteiger partial charge in [0, 0.05) is 12.7 Å². The summed E-state index contributed by atoms with van der Waals surface area (Å²) < 4.78 is 27.9. The molecule has 7 nitrogen and oxygen atoms in total. The van der Waals surface area contributed by atoms with Crippen LogP contribution in [0.15, 0.2) is 30.3 Å². The monoisotopic (exact) mass is 404 g/mol. The summed E-state index contributed by atoms with van der Waals surface area (Å²) in [7, 11) is -2.40. The smallest absolute Gasteiger partial charge is 0.328 e. The number of rotatable bonds is 6. The van der Waals surface area contributed by atoms with E-state index >= 15 is 0 Å². The summed E-state index contributed by atoms with van der Waals surface area (Å²) in [5, 5.41) is 5.67. The van der Waals surface area contributed by atoms with E-state index in [-0.39, 0.29) is 31.7 Å². The largest absolute Gasteiger partial charge is 0.467 e. The van der Waals surface area contributed by atoms with Crippen LogP contribution < -0.4 is 10.6 Å². The molecule has 146 valence electrons. The van der Waals surface area contributed by atoms with Gasteiger partial charge in [0.15, 0.2) is 14.6 Å². The third-order valence-corrected chi connectivity index (χ3v) is 6.62. The fourth-order valence-electron chi connectivity index (χ4n) is 3.07. The number of benzene rings is 1. The summed E-state index contributed by atoms with van der Waals surface area (Å²) in [6, 6.07) is 8.24. The van der Waals surface area contributed by atoms with Crippen molar-refractivity contribution in [3.8, 4) is 0 Å². The summed E-state index contributed by atoms with van der Waals surface area (Å²) in [5.41, 5.74) is 0.844. The van der Waals surface area contributed by atoms with Gasteiger partial charge in [-0.05, 0) is 31.5 Å². The van der Waals surface area contributed by atoms with Crippen LogP contribution in [0.3, 0.4) is 0 Å². The number of carbonyl (C=O) groups is 2. The molecule has 1 aliphatic heterocycles. The number of amides is 1. The lowest BCUT2D eigenvalue weighted by atomic mass is 9.95. The summed E-state index contributed by atoms with van der Waals surface area (Å²) in [6.07, 6.45) is 1.66. The highest BCUT2D eigenvalue weighted by atomic mass is 35.5. The summed E-state index contributed by atoms with van der Waals surface area (Å²) >= 11 is 0. The standard InChI is InChI=1S/C17H24N2O5S.ClH/c1-24-15(20)14(12-13-6-4-3-5-7-13)19-16(21)17(25(2,22)23)8-10-18-11-9-17;/h3-7,14,18H,8-12H2,1-2H3,(H,19,21);1H. The Bertz CT molecular complexity index is 718. The third kappa shape index (κ3) is 4.96. The highest BCUT2D eigenvalue weighted by Crippen LogP contribution is 2.28. The predicted molar refractivity (Wildman–Crippen MR) is 101 cm³/mol. The number of esters is 1. The molecule has 1 saturated heterocycles. The van der Waals surface area contributed by atoms with Gasteiger partial charge in [0.1, 0.15) is 6.04 Å². The molecular formula is C17H25ClN2O5S. The maximum absolute atomic E-state index is 12.9. The number of ether oxygens (including phenoxy) is 1. The molecule has 1 atom stereocenters. The van der Waals surface area contributed by atoms with Crippen molar-refractivity contribution in [3.05, 3.63) is 35.9 Å². The van der Waals surface area contributed by atoms with Gasteiger partial charge in [0.2, 0.25) is 5.91 Å². The second-order valence-corrected chi connectivity index (χ2v) is 8.58. The molecule has 1 aromatic rings. The van der Waals surface area contributed by atoms with E-state index in [9.17, 15) is 18.0 Å². The number of methoxy groups -OCH3 is 1. The zero-order valence-corrected chi connectivity index (χ0v) is 16.5. The molecule has 0 aliphatic carbocycles. The fraction of sp³-hybridized carbons (Fsp3) is 0.529. The highest BCUT2D eigenvalue weighted by molar-refractivity contribution is 7.92. The molecule has 0 spiro atoms. The van der Waals surface area contributed by atoms with Crippen LogP contribution in [0.5, 0.6) is 0 Å². The Morgan fingerprint density at radius 1 is 1.23 bits per heavy atom. The van der Waals surface area contributed by atoms with Gasteiger partial charge in [-0.3, -0.25) is 4.79 Å². The van der Waals surface area contributed by atoms with Crippen molar-refractivity contribution < 1.29 is 22.7 Å². The van der Waals surface area contributed by atoms with E-state index in [1.54, 1.807) is 0 Å². The summed E-state index contributed by atoms with van der Waals surface area (Å²) in [6.45, 7) is 0.865. The molecule has 1 aliphatic rings. The van der Waals surface area contributed by atoms with Gasteiger partial charge in [0.25, 0.3) is 0 Å². The third-order valence-electron chi connectivity index (χ3n) is 4.61. The highest BCUT2D eigenvalue weighted by Gasteiger charge is 2.49. The van der Waals surface area contributed by atoms with E-state index < -0.39 is 32.5 Å². The first-order valence-electron chi connectivity index (χ1n) is 8.13. The molecule has 2 rings (SSSR count). The summed E-state index contributed by atoms with van der Waals surface area (Å²) in [4.78, 5) is 25.0. The number of sulfone groups is 1. The number of piperidine rings is 1. The van der Waals surface area contributed by atoms with E-state index in [0.717, 1.165) is 11.8 Å². The molecule has 0 radical (unpaired) electrons. The second kappa shape index (κ2) is 9.34. The molecule has 1 heterocycles. The van der Waals surface area contributed by atoms with Gasteiger partial charge >= 0.3 is 5.97 Å². The Kier molecular flexibility index (Phi) is 8.05. The Morgan fingerprint density at radius 2 is 1.81 bits per heavy atom. The van der Waals surface area contributed by atoms with E-state index in [4.69, 9.17) is 4.74 Å². The molecule has 0 saturated carbocycles.